The number of hydrogen-bond acceptors (Lipinski definition) is 7. The van der Waals surface area contributed by atoms with E-state index in [0.29, 0.717) is 17.6 Å². The average Bonchev–Trinajstić information content (AvgIpc) is 3.57. The van der Waals surface area contributed by atoms with Gasteiger partial charge in [-0.2, -0.15) is 9.97 Å². The molecule has 0 bridgehead atoms. The van der Waals surface area contributed by atoms with Crippen LogP contribution in [-0.4, -0.2) is 60.8 Å². The number of ether oxygens (including phenoxy) is 1. The third-order valence-electron chi connectivity index (χ3n) is 9.38. The van der Waals surface area contributed by atoms with Gasteiger partial charge in [0.05, 0.1) is 24.6 Å². The third kappa shape index (κ3) is 8.17. The molecule has 1 fully saturated rings. The normalized spacial score (nSPS) is 19.5. The predicted octanol–water partition coefficient (Wildman–Crippen LogP) is 8.30. The summed E-state index contributed by atoms with van der Waals surface area (Å²) in [5, 5.41) is 4.98. The average molecular weight is 749 g/mol. The van der Waals surface area contributed by atoms with Crippen LogP contribution in [-0.2, 0) is 13.6 Å². The van der Waals surface area contributed by atoms with Crippen LogP contribution < -0.4 is 15.7 Å². The van der Waals surface area contributed by atoms with Gasteiger partial charge in [-0.1, -0.05) is 120 Å². The summed E-state index contributed by atoms with van der Waals surface area (Å²) in [5.74, 6) is -0.105. The molecule has 4 atom stereocenters. The van der Waals surface area contributed by atoms with Crippen LogP contribution in [0.15, 0.2) is 79.1 Å². The Balaban J connectivity index is 1.67. The summed E-state index contributed by atoms with van der Waals surface area (Å²) in [6, 6.07) is 21.2. The lowest BCUT2D eigenvalue weighted by atomic mass is 9.78. The second kappa shape index (κ2) is 14.6. The number of nitrogens with one attached hydrogen (secondary N) is 1. The predicted molar refractivity (Wildman–Crippen MR) is 212 cm³/mol. The smallest absolute Gasteiger partial charge is 0.414 e. The van der Waals surface area contributed by atoms with Gasteiger partial charge in [-0.05, 0) is 66.7 Å². The molecule has 0 radical (unpaired) electrons. The van der Waals surface area contributed by atoms with Crippen LogP contribution >= 0.6 is 11.6 Å². The van der Waals surface area contributed by atoms with Crippen molar-refractivity contribution in [3.63, 3.8) is 0 Å². The molecule has 0 saturated heterocycles. The molecule has 51 heavy (non-hydrogen) atoms. The number of imidazole rings is 1. The number of rotatable bonds is 9. The molecular formula is C39H54ClN5O4Si2. The van der Waals surface area contributed by atoms with Gasteiger partial charge in [0.1, 0.15) is 11.1 Å². The van der Waals surface area contributed by atoms with Crippen LogP contribution in [0.1, 0.15) is 74.8 Å². The number of benzene rings is 2. The summed E-state index contributed by atoms with van der Waals surface area (Å²) in [6.45, 7) is 28.2. The molecule has 0 spiro atoms. The first-order chi connectivity index (χ1) is 23.7. The fourth-order valence-corrected chi connectivity index (χ4v) is 13.5. The van der Waals surface area contributed by atoms with Crippen molar-refractivity contribution in [2.45, 2.75) is 111 Å². The monoisotopic (exact) mass is 747 g/mol. The SMILES string of the molecule is C=C1[C@@H](C(O[SiH](C)C)C(C)(C)C)[C@@H](O[Si](c2ccccc2)(c2ccccc2)C(C)(C)C)C[C@@H]1n1cnc2c(Cl)nc(NC(=O)OC(C)(C)C)nc21. The standard InChI is InChI=1S/C39H54ClN5O4Si2/c1-25-28(45-24-41-31-33(40)42-35(43-34(31)45)44-36(46)47-38(5,6)7)23-29(30(25)32(37(2,3)4)48-50(11)12)49-51(39(8,9)10,26-19-15-13-16-20-26)27-21-17-14-18-22-27/h13-22,24,28-30,32,50H,1,23H2,2-12H3,(H,42,43,44,46)/t28-,29-,30+,32?/m0/s1. The summed E-state index contributed by atoms with van der Waals surface area (Å²) >= 11 is 6.66. The fraction of sp³-hybridized carbons (Fsp3) is 0.487. The lowest BCUT2D eigenvalue weighted by Gasteiger charge is -2.47. The van der Waals surface area contributed by atoms with E-state index in [2.05, 4.69) is 131 Å². The van der Waals surface area contributed by atoms with Crippen molar-refractivity contribution >= 4 is 62.5 Å². The first-order valence-corrected chi connectivity index (χ1v) is 22.8. The van der Waals surface area contributed by atoms with Gasteiger partial charge in [0.2, 0.25) is 5.95 Å². The van der Waals surface area contributed by atoms with Crippen LogP contribution in [0.3, 0.4) is 0 Å². The Labute approximate surface area is 311 Å². The molecule has 1 aliphatic carbocycles. The Morgan fingerprint density at radius 1 is 0.961 bits per heavy atom. The van der Waals surface area contributed by atoms with E-state index in [0.717, 1.165) is 5.57 Å². The van der Waals surface area contributed by atoms with Crippen molar-refractivity contribution in [2.75, 3.05) is 5.32 Å². The lowest BCUT2D eigenvalue weighted by molar-refractivity contribution is 0.00357. The van der Waals surface area contributed by atoms with E-state index >= 15 is 0 Å². The zero-order valence-electron chi connectivity index (χ0n) is 32.0. The van der Waals surface area contributed by atoms with Crippen LogP contribution in [0.2, 0.25) is 23.3 Å². The van der Waals surface area contributed by atoms with E-state index in [1.54, 1.807) is 27.1 Å². The largest absolute Gasteiger partial charge is 0.444 e. The quantitative estimate of drug-likeness (QED) is 0.104. The lowest BCUT2D eigenvalue weighted by Crippen LogP contribution is -2.68. The molecule has 4 aromatic rings. The third-order valence-corrected chi connectivity index (χ3v) is 15.5. The molecule has 12 heteroatoms. The molecule has 2 aromatic carbocycles. The van der Waals surface area contributed by atoms with Crippen molar-refractivity contribution in [2.24, 2.45) is 11.3 Å². The number of nitrogens with zero attached hydrogens (tertiary/aromatic N) is 4. The van der Waals surface area contributed by atoms with Gasteiger partial charge < -0.3 is 18.2 Å². The van der Waals surface area contributed by atoms with E-state index in [4.69, 9.17) is 36.8 Å². The van der Waals surface area contributed by atoms with E-state index < -0.39 is 29.1 Å². The summed E-state index contributed by atoms with van der Waals surface area (Å²) < 4.78 is 22.3. The molecule has 1 unspecified atom stereocenters. The number of fused-ring (bicyclic) bond motifs is 1. The molecule has 9 nitrogen and oxygen atoms in total. The van der Waals surface area contributed by atoms with E-state index in [1.807, 2.05) is 4.57 Å². The number of aromatic nitrogens is 4. The number of carbonyl (C=O) groups excluding carboxylic acids is 1. The van der Waals surface area contributed by atoms with Gasteiger partial charge in [0.15, 0.2) is 19.8 Å². The van der Waals surface area contributed by atoms with E-state index in [-0.39, 0.29) is 45.7 Å². The van der Waals surface area contributed by atoms with Gasteiger partial charge in [-0.3, -0.25) is 5.32 Å². The highest BCUT2D eigenvalue weighted by Gasteiger charge is 2.56. The van der Waals surface area contributed by atoms with Crippen molar-refractivity contribution in [3.05, 3.63) is 84.3 Å². The topological polar surface area (TPSA) is 100 Å². The zero-order chi connectivity index (χ0) is 37.5. The van der Waals surface area contributed by atoms with Gasteiger partial charge in [0, 0.05) is 5.92 Å². The molecule has 274 valence electrons. The van der Waals surface area contributed by atoms with Crippen molar-refractivity contribution in [1.82, 2.24) is 19.5 Å². The minimum atomic E-state index is -2.97. The molecule has 1 aliphatic rings. The number of halogens is 1. The minimum absolute atomic E-state index is 0.0329. The molecule has 1 amide bonds. The van der Waals surface area contributed by atoms with Gasteiger partial charge in [-0.25, -0.2) is 9.78 Å². The number of hydrogen-bond donors (Lipinski definition) is 1. The highest BCUT2D eigenvalue weighted by Crippen LogP contribution is 2.50. The maximum atomic E-state index is 12.7. The van der Waals surface area contributed by atoms with Crippen LogP contribution in [0.5, 0.6) is 0 Å². The Kier molecular flexibility index (Phi) is 11.1. The Morgan fingerprint density at radius 2 is 1.53 bits per heavy atom. The van der Waals surface area contributed by atoms with E-state index in [9.17, 15) is 4.79 Å². The first kappa shape index (κ1) is 38.9. The molecular weight excluding hydrogens is 694 g/mol. The zero-order valence-corrected chi connectivity index (χ0v) is 34.9. The van der Waals surface area contributed by atoms with Crippen molar-refractivity contribution < 1.29 is 18.4 Å². The summed E-state index contributed by atoms with van der Waals surface area (Å²) in [4.78, 5) is 26.4. The van der Waals surface area contributed by atoms with Crippen LogP contribution in [0, 0.1) is 11.3 Å². The highest BCUT2D eigenvalue weighted by atomic mass is 35.5. The molecule has 1 N–H and O–H groups in total. The number of carbonyl (C=O) groups is 1. The number of amides is 1. The molecule has 2 heterocycles. The van der Waals surface area contributed by atoms with Gasteiger partial charge in [-0.15, -0.1) is 0 Å². The van der Waals surface area contributed by atoms with Crippen LogP contribution in [0.25, 0.3) is 11.2 Å². The minimum Gasteiger partial charge on any atom is -0.444 e. The highest BCUT2D eigenvalue weighted by molar-refractivity contribution is 6.99. The Bertz CT molecular complexity index is 1810. The summed E-state index contributed by atoms with van der Waals surface area (Å²) in [6.07, 6.45) is 1.29. The van der Waals surface area contributed by atoms with Crippen molar-refractivity contribution in [1.29, 1.82) is 0 Å². The second-order valence-electron chi connectivity index (χ2n) is 16.9. The van der Waals surface area contributed by atoms with Crippen LogP contribution in [0.4, 0.5) is 10.7 Å². The molecule has 2 aromatic heterocycles. The molecule has 1 saturated carbocycles. The van der Waals surface area contributed by atoms with Gasteiger partial charge >= 0.3 is 6.09 Å². The van der Waals surface area contributed by atoms with Gasteiger partial charge in [0.25, 0.3) is 8.32 Å². The second-order valence-corrected chi connectivity index (χ2v) is 23.9. The van der Waals surface area contributed by atoms with E-state index in [1.165, 1.54) is 10.4 Å². The fourth-order valence-electron chi connectivity index (χ4n) is 7.38. The number of anilines is 1. The summed E-state index contributed by atoms with van der Waals surface area (Å²) in [5.41, 5.74) is 1.01. The summed E-state index contributed by atoms with van der Waals surface area (Å²) in [7, 11) is -4.48. The molecule has 0 aliphatic heterocycles. The van der Waals surface area contributed by atoms with Crippen molar-refractivity contribution in [3.8, 4) is 0 Å². The Hall–Kier alpha value is -3.36. The Morgan fingerprint density at radius 3 is 2.02 bits per heavy atom. The first-order valence-electron chi connectivity index (χ1n) is 17.8. The maximum Gasteiger partial charge on any atom is 0.414 e. The maximum absolute atomic E-state index is 12.7. The molecule has 5 rings (SSSR count).